The van der Waals surface area contributed by atoms with Gasteiger partial charge in [-0.2, -0.15) is 0 Å². The van der Waals surface area contributed by atoms with Crippen molar-refractivity contribution in [3.05, 3.63) is 33.4 Å². The summed E-state index contributed by atoms with van der Waals surface area (Å²) >= 11 is 0. The molecule has 2 rings (SSSR count). The van der Waals surface area contributed by atoms with Crippen molar-refractivity contribution in [3.63, 3.8) is 0 Å². The molecule has 0 spiro atoms. The lowest BCUT2D eigenvalue weighted by molar-refractivity contribution is 0.106. The van der Waals surface area contributed by atoms with Gasteiger partial charge in [0.1, 0.15) is 5.71 Å². The molecule has 0 radical (unpaired) electrons. The fraction of sp³-hybridized carbons (Fsp3) is 0.385. The number of fused-ring (bicyclic) bond motifs is 1. The Morgan fingerprint density at radius 3 is 2.12 bits per heavy atom. The zero-order valence-corrected chi connectivity index (χ0v) is 10.0. The monoisotopic (exact) mass is 217 g/mol. The third kappa shape index (κ3) is 1.21. The van der Waals surface area contributed by atoms with E-state index in [0.29, 0.717) is 6.42 Å². The molecule has 0 heterocycles. The Kier molecular flexibility index (Phi) is 2.34. The molecule has 3 heteroatoms. The van der Waals surface area contributed by atoms with Crippen LogP contribution in [0.3, 0.4) is 0 Å². The second-order valence-corrected chi connectivity index (χ2v) is 4.41. The third-order valence-corrected chi connectivity index (χ3v) is 3.77. The van der Waals surface area contributed by atoms with E-state index in [-0.39, 0.29) is 11.5 Å². The van der Waals surface area contributed by atoms with Gasteiger partial charge in [0.05, 0.1) is 0 Å². The summed E-state index contributed by atoms with van der Waals surface area (Å²) in [5.41, 5.74) is 6.57. The molecular weight excluding hydrogens is 202 g/mol. The van der Waals surface area contributed by atoms with Crippen LogP contribution < -0.4 is 0 Å². The Bertz CT molecular complexity index is 527. The summed E-state index contributed by atoms with van der Waals surface area (Å²) in [7, 11) is 0. The first-order chi connectivity index (χ1) is 7.49. The van der Waals surface area contributed by atoms with Crippen LogP contribution in [0.5, 0.6) is 0 Å². The summed E-state index contributed by atoms with van der Waals surface area (Å²) in [6, 6.07) is 0. The van der Waals surface area contributed by atoms with Crippen molar-refractivity contribution < 1.29 is 10.0 Å². The van der Waals surface area contributed by atoms with Crippen molar-refractivity contribution in [3.8, 4) is 0 Å². The van der Waals surface area contributed by atoms with Crippen LogP contribution in [0.25, 0.3) is 0 Å². The molecule has 1 aromatic carbocycles. The van der Waals surface area contributed by atoms with Gasteiger partial charge in [-0.15, -0.1) is 0 Å². The van der Waals surface area contributed by atoms with Crippen molar-refractivity contribution in [2.24, 2.45) is 5.16 Å². The molecule has 0 unspecified atom stereocenters. The smallest absolute Gasteiger partial charge is 0.211 e. The van der Waals surface area contributed by atoms with Gasteiger partial charge in [-0.05, 0) is 55.5 Å². The van der Waals surface area contributed by atoms with Crippen LogP contribution in [0.2, 0.25) is 0 Å². The maximum Gasteiger partial charge on any atom is 0.211 e. The summed E-state index contributed by atoms with van der Waals surface area (Å²) in [6.45, 7) is 8.07. The zero-order valence-electron chi connectivity index (χ0n) is 10.0. The molecule has 84 valence electrons. The molecule has 1 N–H and O–H groups in total. The Hall–Kier alpha value is -1.64. The minimum absolute atomic E-state index is 0.124. The molecule has 0 saturated carbocycles. The quantitative estimate of drug-likeness (QED) is 0.536. The van der Waals surface area contributed by atoms with Crippen LogP contribution in [0.15, 0.2) is 5.16 Å². The van der Waals surface area contributed by atoms with Crippen molar-refractivity contribution in [1.29, 1.82) is 0 Å². The van der Waals surface area contributed by atoms with Gasteiger partial charge in [0.25, 0.3) is 0 Å². The molecule has 1 aromatic rings. The van der Waals surface area contributed by atoms with E-state index in [0.717, 1.165) is 27.8 Å². The largest absolute Gasteiger partial charge is 0.411 e. The Labute approximate surface area is 94.8 Å². The summed E-state index contributed by atoms with van der Waals surface area (Å²) < 4.78 is 0. The SMILES string of the molecule is Cc1c(C)c(C)c2c(c1C)CC(=NO)C2=O. The molecule has 0 atom stereocenters. The first-order valence-electron chi connectivity index (χ1n) is 5.33. The molecule has 0 saturated heterocycles. The molecule has 3 nitrogen and oxygen atoms in total. The third-order valence-electron chi connectivity index (χ3n) is 3.77. The Morgan fingerprint density at radius 2 is 1.56 bits per heavy atom. The van der Waals surface area contributed by atoms with Crippen LogP contribution in [0.4, 0.5) is 0 Å². The lowest BCUT2D eigenvalue weighted by Crippen LogP contribution is -2.08. The van der Waals surface area contributed by atoms with E-state index in [2.05, 4.69) is 12.1 Å². The topological polar surface area (TPSA) is 49.7 Å². The van der Waals surface area contributed by atoms with Gasteiger partial charge in [0, 0.05) is 12.0 Å². The average Bonchev–Trinajstić information content (AvgIpc) is 2.61. The van der Waals surface area contributed by atoms with Crippen molar-refractivity contribution >= 4 is 11.5 Å². The van der Waals surface area contributed by atoms with Crippen LogP contribution in [-0.2, 0) is 6.42 Å². The molecule has 0 fully saturated rings. The van der Waals surface area contributed by atoms with Gasteiger partial charge in [-0.1, -0.05) is 5.16 Å². The van der Waals surface area contributed by atoms with Gasteiger partial charge in [0.2, 0.25) is 5.78 Å². The second-order valence-electron chi connectivity index (χ2n) is 4.41. The number of Topliss-reactive ketones (excluding diaryl/α,β-unsaturated/α-hetero) is 1. The minimum atomic E-state index is -0.124. The highest BCUT2D eigenvalue weighted by Gasteiger charge is 2.31. The first-order valence-corrected chi connectivity index (χ1v) is 5.33. The summed E-state index contributed by atoms with van der Waals surface area (Å²) in [6.07, 6.45) is 0.457. The number of hydrogen-bond donors (Lipinski definition) is 1. The fourth-order valence-electron chi connectivity index (χ4n) is 2.39. The lowest BCUT2D eigenvalue weighted by Gasteiger charge is -2.13. The Morgan fingerprint density at radius 1 is 1.00 bits per heavy atom. The predicted octanol–water partition coefficient (Wildman–Crippen LogP) is 2.49. The highest BCUT2D eigenvalue weighted by Crippen LogP contribution is 2.31. The number of carbonyl (C=O) groups excluding carboxylic acids is 1. The molecule has 1 aliphatic rings. The molecule has 0 bridgehead atoms. The number of rotatable bonds is 0. The van der Waals surface area contributed by atoms with E-state index in [1.807, 2.05) is 20.8 Å². The molecular formula is C13H15NO2. The molecule has 16 heavy (non-hydrogen) atoms. The van der Waals surface area contributed by atoms with Gasteiger partial charge in [-0.3, -0.25) is 4.79 Å². The maximum atomic E-state index is 12.0. The maximum absolute atomic E-state index is 12.0. The van der Waals surface area contributed by atoms with E-state index in [4.69, 9.17) is 5.21 Å². The molecule has 1 aliphatic carbocycles. The Balaban J connectivity index is 2.81. The second kappa shape index (κ2) is 3.44. The van der Waals surface area contributed by atoms with Gasteiger partial charge >= 0.3 is 0 Å². The van der Waals surface area contributed by atoms with Gasteiger partial charge in [0.15, 0.2) is 0 Å². The number of oxime groups is 1. The molecule has 0 aliphatic heterocycles. The normalized spacial score (nSPS) is 17.0. The molecule has 0 amide bonds. The number of ketones is 1. The van der Waals surface area contributed by atoms with Crippen LogP contribution >= 0.6 is 0 Å². The summed E-state index contributed by atoms with van der Waals surface area (Å²) in [5, 5.41) is 11.9. The van der Waals surface area contributed by atoms with Gasteiger partial charge in [-0.25, -0.2) is 0 Å². The highest BCUT2D eigenvalue weighted by molar-refractivity contribution is 6.49. The predicted molar refractivity (Wildman–Crippen MR) is 62.6 cm³/mol. The zero-order chi connectivity index (χ0) is 12.0. The van der Waals surface area contributed by atoms with Crippen LogP contribution in [0, 0.1) is 27.7 Å². The van der Waals surface area contributed by atoms with E-state index in [1.54, 1.807) is 0 Å². The van der Waals surface area contributed by atoms with Crippen molar-refractivity contribution in [2.45, 2.75) is 34.1 Å². The number of benzene rings is 1. The number of carbonyl (C=O) groups is 1. The van der Waals surface area contributed by atoms with E-state index in [1.165, 1.54) is 5.56 Å². The van der Waals surface area contributed by atoms with Gasteiger partial charge < -0.3 is 5.21 Å². The first kappa shape index (κ1) is 10.9. The number of hydrogen-bond acceptors (Lipinski definition) is 3. The van der Waals surface area contributed by atoms with Crippen molar-refractivity contribution in [2.75, 3.05) is 0 Å². The number of nitrogens with zero attached hydrogens (tertiary/aromatic N) is 1. The van der Waals surface area contributed by atoms with E-state index >= 15 is 0 Å². The van der Waals surface area contributed by atoms with E-state index < -0.39 is 0 Å². The lowest BCUT2D eigenvalue weighted by atomic mass is 9.90. The molecule has 0 aromatic heterocycles. The van der Waals surface area contributed by atoms with Crippen molar-refractivity contribution in [1.82, 2.24) is 0 Å². The fourth-order valence-corrected chi connectivity index (χ4v) is 2.39. The summed E-state index contributed by atoms with van der Waals surface area (Å²) in [4.78, 5) is 12.0. The average molecular weight is 217 g/mol. The van der Waals surface area contributed by atoms with Crippen LogP contribution in [0.1, 0.15) is 38.2 Å². The highest BCUT2D eigenvalue weighted by atomic mass is 16.4. The van der Waals surface area contributed by atoms with E-state index in [9.17, 15) is 4.79 Å². The minimum Gasteiger partial charge on any atom is -0.411 e. The summed E-state index contributed by atoms with van der Waals surface area (Å²) in [5.74, 6) is -0.124. The van der Waals surface area contributed by atoms with Crippen LogP contribution in [-0.4, -0.2) is 16.7 Å². The standard InChI is InChI=1S/C13H15NO2/c1-6-7(2)9(4)12-10(8(6)3)5-11(14-16)13(12)15/h16H,5H2,1-4H3.